The van der Waals surface area contributed by atoms with Gasteiger partial charge in [-0.05, 0) is 6.92 Å². The van der Waals surface area contributed by atoms with Crippen LogP contribution in [0.4, 0.5) is 0 Å². The van der Waals surface area contributed by atoms with Crippen molar-refractivity contribution in [3.63, 3.8) is 0 Å². The van der Waals surface area contributed by atoms with E-state index >= 15 is 0 Å². The van der Waals surface area contributed by atoms with Crippen LogP contribution in [-0.2, 0) is 0 Å². The molecule has 0 aromatic carbocycles. The molecule has 0 saturated carbocycles. The van der Waals surface area contributed by atoms with Gasteiger partial charge in [-0.2, -0.15) is 0 Å². The Morgan fingerprint density at radius 2 is 2.14 bits per heavy atom. The largest absolute Gasteiger partial charge is 0.327 e. The number of hydrogen-bond acceptors (Lipinski definition) is 3. The first-order chi connectivity index (χ1) is 2.77. The van der Waals surface area contributed by atoms with E-state index in [9.17, 15) is 0 Å². The van der Waals surface area contributed by atoms with Crippen LogP contribution in [-0.4, -0.2) is 12.6 Å². The summed E-state index contributed by atoms with van der Waals surface area (Å²) in [7, 11) is 0. The predicted octanol–water partition coefficient (Wildman–Crippen LogP) is -0.781. The monoisotopic (exact) mass is 125 g/mol. The van der Waals surface area contributed by atoms with Crippen molar-refractivity contribution in [2.75, 3.05) is 6.54 Å². The van der Waals surface area contributed by atoms with Crippen molar-refractivity contribution in [2.24, 2.45) is 11.6 Å². The zero-order chi connectivity index (χ0) is 4.99. The number of nitrogens with one attached hydrogen (secondary N) is 1. The van der Waals surface area contributed by atoms with Crippen LogP contribution in [0.5, 0.6) is 0 Å². The topological polar surface area (TPSA) is 64.1 Å². The molecule has 1 unspecified atom stereocenters. The Morgan fingerprint density at radius 1 is 1.71 bits per heavy atom. The summed E-state index contributed by atoms with van der Waals surface area (Å²) in [6.45, 7) is 2.57. The van der Waals surface area contributed by atoms with E-state index in [4.69, 9.17) is 11.6 Å². The van der Waals surface area contributed by atoms with Crippen LogP contribution >= 0.6 is 12.4 Å². The highest BCUT2D eigenvalue weighted by atomic mass is 35.5. The molecule has 0 spiro atoms. The lowest BCUT2D eigenvalue weighted by molar-refractivity contribution is 0.631. The molecule has 46 valence electrons. The quantitative estimate of drug-likeness (QED) is 0.335. The maximum atomic E-state index is 5.26. The van der Waals surface area contributed by atoms with E-state index in [2.05, 4.69) is 5.43 Å². The van der Waals surface area contributed by atoms with Gasteiger partial charge in [0.05, 0.1) is 0 Å². The predicted molar refractivity (Wildman–Crippen MR) is 33.1 cm³/mol. The maximum absolute atomic E-state index is 5.26. The number of hydrazine groups is 1. The molecule has 0 aliphatic rings. The Hall–Kier alpha value is 0.170. The summed E-state index contributed by atoms with van der Waals surface area (Å²) < 4.78 is 0. The van der Waals surface area contributed by atoms with E-state index in [-0.39, 0.29) is 18.4 Å². The van der Waals surface area contributed by atoms with Crippen LogP contribution in [0, 0.1) is 0 Å². The SMILES string of the molecule is CC(N)CNN.Cl. The van der Waals surface area contributed by atoms with Gasteiger partial charge in [0.2, 0.25) is 0 Å². The van der Waals surface area contributed by atoms with E-state index in [1.807, 2.05) is 6.92 Å². The zero-order valence-corrected chi connectivity index (χ0v) is 5.16. The van der Waals surface area contributed by atoms with Gasteiger partial charge in [-0.1, -0.05) is 0 Å². The second-order valence-electron chi connectivity index (χ2n) is 1.39. The van der Waals surface area contributed by atoms with Gasteiger partial charge in [-0.25, -0.2) is 0 Å². The molecule has 0 radical (unpaired) electrons. The molecule has 0 aromatic heterocycles. The Balaban J connectivity index is 0. The number of halogens is 1. The highest BCUT2D eigenvalue weighted by Gasteiger charge is 1.84. The minimum absolute atomic E-state index is 0. The molecule has 0 aliphatic heterocycles. The summed E-state index contributed by atoms with van der Waals surface area (Å²) in [5.41, 5.74) is 7.70. The molecule has 7 heavy (non-hydrogen) atoms. The molecule has 0 aliphatic carbocycles. The molecule has 0 bridgehead atoms. The molecular weight excluding hydrogens is 114 g/mol. The minimum Gasteiger partial charge on any atom is -0.327 e. The normalized spacial score (nSPS) is 12.4. The fourth-order valence-electron chi connectivity index (χ4n) is 0.186. The van der Waals surface area contributed by atoms with Crippen LogP contribution < -0.4 is 17.0 Å². The van der Waals surface area contributed by atoms with Crippen LogP contribution in [0.25, 0.3) is 0 Å². The Morgan fingerprint density at radius 3 is 2.14 bits per heavy atom. The minimum atomic E-state index is 0. The molecule has 0 rings (SSSR count). The third kappa shape index (κ3) is 10.7. The third-order valence-corrected chi connectivity index (χ3v) is 0.440. The lowest BCUT2D eigenvalue weighted by Gasteiger charge is -1.98. The molecule has 4 heteroatoms. The van der Waals surface area contributed by atoms with E-state index in [0.717, 1.165) is 0 Å². The molecule has 0 saturated heterocycles. The van der Waals surface area contributed by atoms with Gasteiger partial charge in [-0.15, -0.1) is 12.4 Å². The summed E-state index contributed by atoms with van der Waals surface area (Å²) in [6.07, 6.45) is 0. The summed E-state index contributed by atoms with van der Waals surface area (Å²) in [5.74, 6) is 4.90. The van der Waals surface area contributed by atoms with Gasteiger partial charge < -0.3 is 5.73 Å². The first kappa shape index (κ1) is 10.2. The molecule has 0 amide bonds. The lowest BCUT2D eigenvalue weighted by Crippen LogP contribution is -2.35. The van der Waals surface area contributed by atoms with Crippen molar-refractivity contribution in [1.29, 1.82) is 0 Å². The lowest BCUT2D eigenvalue weighted by atomic mass is 10.4. The maximum Gasteiger partial charge on any atom is 0.0247 e. The molecule has 0 heterocycles. The number of rotatable bonds is 2. The number of hydrogen-bond donors (Lipinski definition) is 3. The van der Waals surface area contributed by atoms with E-state index in [1.165, 1.54) is 0 Å². The average Bonchev–Trinajstić information content (AvgIpc) is 1.35. The van der Waals surface area contributed by atoms with Gasteiger partial charge >= 0.3 is 0 Å². The van der Waals surface area contributed by atoms with E-state index in [0.29, 0.717) is 6.54 Å². The molecule has 5 N–H and O–H groups in total. The average molecular weight is 126 g/mol. The summed E-state index contributed by atoms with van der Waals surface area (Å²) in [4.78, 5) is 0. The molecule has 3 nitrogen and oxygen atoms in total. The highest BCUT2D eigenvalue weighted by Crippen LogP contribution is 1.62. The standard InChI is InChI=1S/C3H11N3.ClH/c1-3(4)2-6-5;/h3,6H,2,4-5H2,1H3;1H. The van der Waals surface area contributed by atoms with Crippen molar-refractivity contribution in [3.05, 3.63) is 0 Å². The molecule has 1 atom stereocenters. The van der Waals surface area contributed by atoms with Crippen LogP contribution in [0.2, 0.25) is 0 Å². The van der Waals surface area contributed by atoms with Crippen molar-refractivity contribution < 1.29 is 0 Å². The third-order valence-electron chi connectivity index (χ3n) is 0.440. The molecule has 0 fully saturated rings. The van der Waals surface area contributed by atoms with Crippen LogP contribution in [0.3, 0.4) is 0 Å². The summed E-state index contributed by atoms with van der Waals surface area (Å²) in [6, 6.07) is 0.162. The molecule has 0 aromatic rings. The van der Waals surface area contributed by atoms with E-state index in [1.54, 1.807) is 0 Å². The van der Waals surface area contributed by atoms with Gasteiger partial charge in [0, 0.05) is 12.6 Å². The first-order valence-corrected chi connectivity index (χ1v) is 1.96. The number of nitrogens with two attached hydrogens (primary N) is 2. The van der Waals surface area contributed by atoms with Crippen molar-refractivity contribution in [1.82, 2.24) is 5.43 Å². The summed E-state index contributed by atoms with van der Waals surface area (Å²) in [5, 5.41) is 0. The smallest absolute Gasteiger partial charge is 0.0247 e. The Bertz CT molecular complexity index is 31.4. The fraction of sp³-hybridized carbons (Fsp3) is 1.00. The Labute approximate surface area is 49.8 Å². The highest BCUT2D eigenvalue weighted by molar-refractivity contribution is 5.85. The van der Waals surface area contributed by atoms with Crippen molar-refractivity contribution in [3.8, 4) is 0 Å². The van der Waals surface area contributed by atoms with Gasteiger partial charge in [0.25, 0.3) is 0 Å². The van der Waals surface area contributed by atoms with Crippen molar-refractivity contribution >= 4 is 12.4 Å². The van der Waals surface area contributed by atoms with Gasteiger partial charge in [0.15, 0.2) is 0 Å². The zero-order valence-electron chi connectivity index (χ0n) is 4.35. The second kappa shape index (κ2) is 6.17. The van der Waals surface area contributed by atoms with Crippen LogP contribution in [0.15, 0.2) is 0 Å². The van der Waals surface area contributed by atoms with Crippen molar-refractivity contribution in [2.45, 2.75) is 13.0 Å². The first-order valence-electron chi connectivity index (χ1n) is 1.96. The van der Waals surface area contributed by atoms with E-state index < -0.39 is 0 Å². The fourth-order valence-corrected chi connectivity index (χ4v) is 0.186. The second-order valence-corrected chi connectivity index (χ2v) is 1.39. The molecular formula is C3H12ClN3. The van der Waals surface area contributed by atoms with Crippen LogP contribution in [0.1, 0.15) is 6.92 Å². The van der Waals surface area contributed by atoms with Gasteiger partial charge in [0.1, 0.15) is 0 Å². The summed E-state index contributed by atoms with van der Waals surface area (Å²) >= 11 is 0. The Kier molecular flexibility index (Phi) is 9.00. The van der Waals surface area contributed by atoms with Gasteiger partial charge in [-0.3, -0.25) is 11.3 Å².